The van der Waals surface area contributed by atoms with Crippen LogP contribution in [0.4, 0.5) is 11.4 Å². The van der Waals surface area contributed by atoms with Gasteiger partial charge in [0.25, 0.3) is 0 Å². The molecule has 0 aliphatic carbocycles. The summed E-state index contributed by atoms with van der Waals surface area (Å²) in [6.45, 7) is 0.574. The highest BCUT2D eigenvalue weighted by atomic mass is 32.2. The van der Waals surface area contributed by atoms with Crippen LogP contribution in [0, 0.1) is 0 Å². The molecule has 59 heavy (non-hydrogen) atoms. The minimum absolute atomic E-state index is 0.0882. The SMILES string of the molecule is O=S1(=O)CCC(N(/N=C/c2ccc3c(c2)c2ccccc2n3Cn2c3ccccc3c3cc(/C=N/N(c4ccccc4)C4CCS(=O)(=O)C4)ccc32)c2ccccc2)C1. The van der Waals surface area contributed by atoms with Crippen molar-refractivity contribution in [1.29, 1.82) is 0 Å². The fourth-order valence-electron chi connectivity index (χ4n) is 8.85. The number of sulfone groups is 2. The molecule has 10 rings (SSSR count). The summed E-state index contributed by atoms with van der Waals surface area (Å²) in [5.41, 5.74) is 7.99. The van der Waals surface area contributed by atoms with E-state index in [0.29, 0.717) is 19.5 Å². The number of rotatable bonds is 10. The monoisotopic (exact) mass is 818 g/mol. The molecule has 2 atom stereocenters. The molecule has 0 radical (unpaired) electrons. The zero-order valence-electron chi connectivity index (χ0n) is 32.2. The van der Waals surface area contributed by atoms with E-state index in [-0.39, 0.29) is 35.1 Å². The molecular formula is C47H42N6O4S2. The Hall–Kier alpha value is -6.24. The van der Waals surface area contributed by atoms with Crippen molar-refractivity contribution in [1.82, 2.24) is 9.13 Å². The lowest BCUT2D eigenvalue weighted by atomic mass is 10.1. The fraction of sp³-hybridized carbons (Fsp3) is 0.191. The summed E-state index contributed by atoms with van der Waals surface area (Å²) in [4.78, 5) is 0. The number of benzene rings is 6. The first-order valence-corrected chi connectivity index (χ1v) is 23.5. The topological polar surface area (TPSA) is 109 Å². The summed E-state index contributed by atoms with van der Waals surface area (Å²) < 4.78 is 54.5. The van der Waals surface area contributed by atoms with Crippen LogP contribution in [0.25, 0.3) is 43.6 Å². The van der Waals surface area contributed by atoms with Gasteiger partial charge in [-0.1, -0.05) is 84.9 Å². The molecule has 0 bridgehead atoms. The van der Waals surface area contributed by atoms with Crippen LogP contribution in [0.1, 0.15) is 24.0 Å². The average molecular weight is 819 g/mol. The number of fused-ring (bicyclic) bond motifs is 6. The van der Waals surface area contributed by atoms with E-state index in [1.807, 2.05) is 83.1 Å². The molecule has 296 valence electrons. The first-order valence-electron chi connectivity index (χ1n) is 19.9. The lowest BCUT2D eigenvalue weighted by Gasteiger charge is -2.25. The van der Waals surface area contributed by atoms with Gasteiger partial charge in [-0.25, -0.2) is 16.8 Å². The number of anilines is 2. The second kappa shape index (κ2) is 14.9. The Morgan fingerprint density at radius 1 is 0.492 bits per heavy atom. The minimum atomic E-state index is -3.10. The summed E-state index contributed by atoms with van der Waals surface area (Å²) in [6, 6.07) is 48.8. The van der Waals surface area contributed by atoms with Crippen molar-refractivity contribution in [2.45, 2.75) is 31.6 Å². The molecular weight excluding hydrogens is 777 g/mol. The maximum absolute atomic E-state index is 12.4. The number of hydrazone groups is 2. The van der Waals surface area contributed by atoms with Gasteiger partial charge in [0.1, 0.15) is 6.67 Å². The minimum Gasteiger partial charge on any atom is -0.322 e. The van der Waals surface area contributed by atoms with E-state index in [4.69, 9.17) is 10.2 Å². The van der Waals surface area contributed by atoms with Crippen LogP contribution in [0.2, 0.25) is 0 Å². The molecule has 0 N–H and O–H groups in total. The van der Waals surface area contributed by atoms with Crippen molar-refractivity contribution in [2.24, 2.45) is 10.2 Å². The zero-order valence-corrected chi connectivity index (χ0v) is 33.9. The molecule has 2 aliphatic heterocycles. The Morgan fingerprint density at radius 3 is 1.29 bits per heavy atom. The van der Waals surface area contributed by atoms with Crippen molar-refractivity contribution in [2.75, 3.05) is 33.0 Å². The van der Waals surface area contributed by atoms with Crippen molar-refractivity contribution < 1.29 is 16.8 Å². The molecule has 12 heteroatoms. The van der Waals surface area contributed by atoms with Crippen LogP contribution >= 0.6 is 0 Å². The van der Waals surface area contributed by atoms with Gasteiger partial charge >= 0.3 is 0 Å². The van der Waals surface area contributed by atoms with Crippen LogP contribution in [-0.4, -0.2) is 73.5 Å². The lowest BCUT2D eigenvalue weighted by molar-refractivity contribution is 0.598. The van der Waals surface area contributed by atoms with E-state index in [9.17, 15) is 16.8 Å². The first-order chi connectivity index (χ1) is 28.7. The Balaban J connectivity index is 1.01. The first kappa shape index (κ1) is 37.1. The Labute approximate surface area is 343 Å². The molecule has 0 amide bonds. The highest BCUT2D eigenvalue weighted by Crippen LogP contribution is 2.34. The van der Waals surface area contributed by atoms with E-state index >= 15 is 0 Å². The molecule has 2 aliphatic rings. The van der Waals surface area contributed by atoms with Gasteiger partial charge in [0, 0.05) is 21.5 Å². The zero-order chi connectivity index (χ0) is 40.1. The molecule has 6 aromatic carbocycles. The number of hydrogen-bond donors (Lipinski definition) is 0. The molecule has 2 fully saturated rings. The molecule has 2 saturated heterocycles. The molecule has 0 saturated carbocycles. The normalized spacial score (nSPS) is 18.9. The van der Waals surface area contributed by atoms with Crippen LogP contribution in [0.5, 0.6) is 0 Å². The molecule has 2 unspecified atom stereocenters. The highest BCUT2D eigenvalue weighted by molar-refractivity contribution is 7.92. The van der Waals surface area contributed by atoms with E-state index in [1.54, 1.807) is 0 Å². The number of aromatic nitrogens is 2. The number of nitrogens with zero attached hydrogens (tertiary/aromatic N) is 6. The number of para-hydroxylation sites is 4. The summed E-state index contributed by atoms with van der Waals surface area (Å²) in [5.74, 6) is 0.524. The lowest BCUT2D eigenvalue weighted by Crippen LogP contribution is -2.31. The van der Waals surface area contributed by atoms with Gasteiger partial charge in [0.2, 0.25) is 0 Å². The van der Waals surface area contributed by atoms with Crippen LogP contribution in [0.3, 0.4) is 0 Å². The van der Waals surface area contributed by atoms with E-state index in [1.165, 1.54) is 0 Å². The quantitative estimate of drug-likeness (QED) is 0.101. The van der Waals surface area contributed by atoms with Crippen LogP contribution in [-0.2, 0) is 26.3 Å². The van der Waals surface area contributed by atoms with Crippen molar-refractivity contribution in [3.05, 3.63) is 157 Å². The molecule has 2 aromatic heterocycles. The van der Waals surface area contributed by atoms with Gasteiger partial charge in [-0.3, -0.25) is 10.0 Å². The third kappa shape index (κ3) is 7.16. The average Bonchev–Trinajstić information content (AvgIpc) is 3.99. The van der Waals surface area contributed by atoms with E-state index < -0.39 is 19.7 Å². The maximum atomic E-state index is 12.4. The van der Waals surface area contributed by atoms with Crippen molar-refractivity contribution in [3.8, 4) is 0 Å². The molecule has 8 aromatic rings. The predicted molar refractivity (Wildman–Crippen MR) is 241 cm³/mol. The summed E-state index contributed by atoms with van der Waals surface area (Å²) in [5, 5.41) is 18.0. The van der Waals surface area contributed by atoms with Gasteiger partial charge in [-0.2, -0.15) is 10.2 Å². The predicted octanol–water partition coefficient (Wildman–Crippen LogP) is 8.46. The Bertz CT molecular complexity index is 2950. The van der Waals surface area contributed by atoms with Gasteiger partial charge in [0.05, 0.1) is 81.0 Å². The van der Waals surface area contributed by atoms with Crippen LogP contribution < -0.4 is 10.0 Å². The Morgan fingerprint density at radius 2 is 0.881 bits per heavy atom. The van der Waals surface area contributed by atoms with Gasteiger partial charge < -0.3 is 9.13 Å². The fourth-order valence-corrected chi connectivity index (χ4v) is 12.2. The second-order valence-electron chi connectivity index (χ2n) is 15.5. The molecule has 4 heterocycles. The van der Waals surface area contributed by atoms with E-state index in [0.717, 1.165) is 66.1 Å². The maximum Gasteiger partial charge on any atom is 0.152 e. The summed E-state index contributed by atoms with van der Waals surface area (Å²) >= 11 is 0. The third-order valence-corrected chi connectivity index (χ3v) is 15.2. The highest BCUT2D eigenvalue weighted by Gasteiger charge is 2.34. The van der Waals surface area contributed by atoms with Crippen LogP contribution in [0.15, 0.2) is 156 Å². The van der Waals surface area contributed by atoms with Gasteiger partial charge in [-0.05, 0) is 84.6 Å². The third-order valence-electron chi connectivity index (χ3n) is 11.7. The summed E-state index contributed by atoms with van der Waals surface area (Å²) in [7, 11) is -6.20. The largest absolute Gasteiger partial charge is 0.322 e. The standard InChI is InChI=1S/C47H42N6O4S2/c54-58(55)25-23-38(31-58)52(36-11-3-1-4-12-36)48-29-34-19-21-46-42(27-34)40-15-7-9-17-44(40)50(46)33-51-45-18-10-8-16-41(45)43-28-35(20-22-47(43)51)30-49-53(37-13-5-2-6-14-37)39-24-26-59(56,57)32-39/h1-22,27-30,38-39H,23-26,31-33H2/b48-29+,49-30+. The van der Waals surface area contributed by atoms with Gasteiger partial charge in [-0.15, -0.1) is 0 Å². The Kier molecular flexibility index (Phi) is 9.33. The van der Waals surface area contributed by atoms with Crippen molar-refractivity contribution >= 4 is 87.1 Å². The molecule has 10 nitrogen and oxygen atoms in total. The second-order valence-corrected chi connectivity index (χ2v) is 20.0. The smallest absolute Gasteiger partial charge is 0.152 e. The number of hydrogen-bond acceptors (Lipinski definition) is 8. The summed E-state index contributed by atoms with van der Waals surface area (Å²) in [6.07, 6.45) is 4.76. The molecule has 0 spiro atoms. The van der Waals surface area contributed by atoms with Crippen molar-refractivity contribution in [3.63, 3.8) is 0 Å². The van der Waals surface area contributed by atoms with E-state index in [2.05, 4.69) is 94.1 Å². The van der Waals surface area contributed by atoms with Gasteiger partial charge in [0.15, 0.2) is 19.7 Å².